The van der Waals surface area contributed by atoms with E-state index in [2.05, 4.69) is 11.0 Å². The number of morpholine rings is 1. The molecule has 29 heavy (non-hydrogen) atoms. The molecule has 4 amide bonds. The zero-order valence-electron chi connectivity index (χ0n) is 15.9. The van der Waals surface area contributed by atoms with E-state index < -0.39 is 17.8 Å². The molecule has 150 valence electrons. The molecule has 0 aliphatic carbocycles. The SMILES string of the molecule is N#Cc1c(CN2C(=O)C(=O)N(CCCN3CCOCC3)C2=O)cn2ccccc12. The molecule has 0 radical (unpaired) electrons. The number of nitriles is 1. The van der Waals surface area contributed by atoms with Gasteiger partial charge >= 0.3 is 17.8 Å². The van der Waals surface area contributed by atoms with Gasteiger partial charge in [0.05, 0.1) is 30.8 Å². The molecule has 9 nitrogen and oxygen atoms in total. The van der Waals surface area contributed by atoms with Crippen LogP contribution >= 0.6 is 0 Å². The second-order valence-corrected chi connectivity index (χ2v) is 7.07. The first-order chi connectivity index (χ1) is 14.1. The standard InChI is InChI=1S/C20H21N5O4/c21-12-16-15(13-23-6-2-1-4-17(16)23)14-25-19(27)18(26)24(20(25)28)7-3-5-22-8-10-29-11-9-22/h1-2,4,6,13H,3,5,7-11,14H2. The largest absolute Gasteiger partial charge is 0.379 e. The number of hydrogen-bond donors (Lipinski definition) is 0. The Labute approximate surface area is 167 Å². The molecule has 4 heterocycles. The molecule has 2 aromatic rings. The van der Waals surface area contributed by atoms with Crippen LogP contribution in [0.4, 0.5) is 4.79 Å². The van der Waals surface area contributed by atoms with Crippen molar-refractivity contribution in [2.75, 3.05) is 39.4 Å². The van der Waals surface area contributed by atoms with E-state index >= 15 is 0 Å². The molecule has 9 heteroatoms. The van der Waals surface area contributed by atoms with E-state index in [0.717, 1.165) is 29.4 Å². The molecule has 0 atom stereocenters. The van der Waals surface area contributed by atoms with Crippen LogP contribution in [0, 0.1) is 11.3 Å². The highest BCUT2D eigenvalue weighted by Gasteiger charge is 2.44. The number of pyridine rings is 1. The number of ether oxygens (including phenoxy) is 1. The van der Waals surface area contributed by atoms with Gasteiger partial charge in [0.25, 0.3) is 0 Å². The van der Waals surface area contributed by atoms with Crippen molar-refractivity contribution >= 4 is 23.4 Å². The minimum absolute atomic E-state index is 0.103. The molecule has 2 aliphatic heterocycles. The Morgan fingerprint density at radius 3 is 2.55 bits per heavy atom. The summed E-state index contributed by atoms with van der Waals surface area (Å²) in [6.45, 7) is 3.84. The van der Waals surface area contributed by atoms with Crippen molar-refractivity contribution in [2.24, 2.45) is 0 Å². The Balaban J connectivity index is 1.45. The third-order valence-corrected chi connectivity index (χ3v) is 5.30. The van der Waals surface area contributed by atoms with Gasteiger partial charge in [-0.3, -0.25) is 24.3 Å². The second kappa shape index (κ2) is 8.03. The number of rotatable bonds is 6. The van der Waals surface area contributed by atoms with Crippen LogP contribution in [-0.4, -0.2) is 76.3 Å². The molecule has 0 N–H and O–H groups in total. The topological polar surface area (TPSA) is 98.4 Å². The van der Waals surface area contributed by atoms with Crippen molar-refractivity contribution in [2.45, 2.75) is 13.0 Å². The number of aromatic nitrogens is 1. The summed E-state index contributed by atoms with van der Waals surface area (Å²) in [5.41, 5.74) is 1.62. The van der Waals surface area contributed by atoms with E-state index in [1.54, 1.807) is 22.9 Å². The fourth-order valence-corrected chi connectivity index (χ4v) is 3.76. The van der Waals surface area contributed by atoms with Crippen molar-refractivity contribution in [1.82, 2.24) is 19.1 Å². The lowest BCUT2D eigenvalue weighted by atomic mass is 10.1. The Morgan fingerprint density at radius 1 is 1.03 bits per heavy atom. The summed E-state index contributed by atoms with van der Waals surface area (Å²) in [6.07, 6.45) is 4.09. The minimum atomic E-state index is -0.847. The molecular formula is C20H21N5O4. The summed E-state index contributed by atoms with van der Waals surface area (Å²) in [6, 6.07) is 6.93. The third-order valence-electron chi connectivity index (χ3n) is 5.30. The minimum Gasteiger partial charge on any atom is -0.379 e. The van der Waals surface area contributed by atoms with E-state index in [1.807, 2.05) is 12.1 Å². The Hall–Kier alpha value is -3.22. The number of fused-ring (bicyclic) bond motifs is 1. The number of carbonyl (C=O) groups excluding carboxylic acids is 3. The maximum atomic E-state index is 12.7. The van der Waals surface area contributed by atoms with Gasteiger partial charge in [0.1, 0.15) is 6.07 Å². The summed E-state index contributed by atoms with van der Waals surface area (Å²) in [7, 11) is 0. The van der Waals surface area contributed by atoms with Gasteiger partial charge in [-0.25, -0.2) is 4.79 Å². The van der Waals surface area contributed by atoms with Crippen LogP contribution in [0.5, 0.6) is 0 Å². The summed E-state index contributed by atoms with van der Waals surface area (Å²) in [5.74, 6) is -1.65. The molecule has 0 bridgehead atoms. The van der Waals surface area contributed by atoms with Crippen LogP contribution in [0.1, 0.15) is 17.5 Å². The first-order valence-electron chi connectivity index (χ1n) is 9.56. The van der Waals surface area contributed by atoms with E-state index in [9.17, 15) is 19.6 Å². The number of hydrogen-bond acceptors (Lipinski definition) is 6. The Bertz CT molecular complexity index is 1000. The van der Waals surface area contributed by atoms with Crippen molar-refractivity contribution in [3.05, 3.63) is 41.7 Å². The summed E-state index contributed by atoms with van der Waals surface area (Å²) in [5, 5.41) is 9.51. The summed E-state index contributed by atoms with van der Waals surface area (Å²) in [4.78, 5) is 41.6. The molecule has 2 saturated heterocycles. The number of amides is 4. The first-order valence-corrected chi connectivity index (χ1v) is 9.56. The molecule has 2 aliphatic rings. The van der Waals surface area contributed by atoms with E-state index in [4.69, 9.17) is 4.74 Å². The monoisotopic (exact) mass is 395 g/mol. The van der Waals surface area contributed by atoms with Gasteiger partial charge < -0.3 is 9.14 Å². The van der Waals surface area contributed by atoms with Crippen molar-refractivity contribution in [1.29, 1.82) is 5.26 Å². The molecule has 2 aromatic heterocycles. The molecule has 4 rings (SSSR count). The van der Waals surface area contributed by atoms with Crippen LogP contribution < -0.4 is 0 Å². The normalized spacial score (nSPS) is 18.1. The van der Waals surface area contributed by atoms with Crippen molar-refractivity contribution in [3.8, 4) is 6.07 Å². The molecule has 0 saturated carbocycles. The third kappa shape index (κ3) is 3.60. The average Bonchev–Trinajstić information content (AvgIpc) is 3.20. The van der Waals surface area contributed by atoms with E-state index in [1.165, 1.54) is 0 Å². The Kier molecular flexibility index (Phi) is 5.29. The fourth-order valence-electron chi connectivity index (χ4n) is 3.76. The van der Waals surface area contributed by atoms with Gasteiger partial charge in [-0.1, -0.05) is 6.07 Å². The lowest BCUT2D eigenvalue weighted by Crippen LogP contribution is -2.39. The van der Waals surface area contributed by atoms with Gasteiger partial charge in [0.2, 0.25) is 0 Å². The number of imide groups is 2. The van der Waals surface area contributed by atoms with Gasteiger partial charge in [-0.2, -0.15) is 5.26 Å². The smallest absolute Gasteiger partial charge is 0.334 e. The fraction of sp³-hybridized carbons (Fsp3) is 0.400. The molecular weight excluding hydrogens is 374 g/mol. The first kappa shape index (κ1) is 19.1. The highest BCUT2D eigenvalue weighted by Crippen LogP contribution is 2.22. The van der Waals surface area contributed by atoms with Gasteiger partial charge in [0, 0.05) is 44.1 Å². The molecule has 2 fully saturated rings. The van der Waals surface area contributed by atoms with Crippen LogP contribution in [-0.2, 0) is 20.9 Å². The summed E-state index contributed by atoms with van der Waals surface area (Å²) < 4.78 is 7.07. The lowest BCUT2D eigenvalue weighted by Gasteiger charge is -2.27. The molecule has 0 spiro atoms. The average molecular weight is 395 g/mol. The van der Waals surface area contributed by atoms with Crippen molar-refractivity contribution in [3.63, 3.8) is 0 Å². The van der Waals surface area contributed by atoms with Crippen LogP contribution in [0.25, 0.3) is 5.52 Å². The highest BCUT2D eigenvalue weighted by molar-refractivity contribution is 6.44. The Morgan fingerprint density at radius 2 is 1.79 bits per heavy atom. The number of urea groups is 1. The highest BCUT2D eigenvalue weighted by atomic mass is 16.5. The number of nitrogens with zero attached hydrogens (tertiary/aromatic N) is 5. The van der Waals surface area contributed by atoms with Crippen LogP contribution in [0.15, 0.2) is 30.6 Å². The van der Waals surface area contributed by atoms with Gasteiger partial charge in [-0.15, -0.1) is 0 Å². The van der Waals surface area contributed by atoms with Crippen molar-refractivity contribution < 1.29 is 19.1 Å². The lowest BCUT2D eigenvalue weighted by molar-refractivity contribution is -0.143. The predicted octanol–water partition coefficient (Wildman–Crippen LogP) is 0.824. The quantitative estimate of drug-likeness (QED) is 0.531. The zero-order valence-corrected chi connectivity index (χ0v) is 15.9. The number of carbonyl (C=O) groups is 3. The zero-order chi connectivity index (χ0) is 20.4. The van der Waals surface area contributed by atoms with E-state index in [-0.39, 0.29) is 13.1 Å². The van der Waals surface area contributed by atoms with Gasteiger partial charge in [0.15, 0.2) is 0 Å². The van der Waals surface area contributed by atoms with Gasteiger partial charge in [-0.05, 0) is 18.6 Å². The van der Waals surface area contributed by atoms with Crippen LogP contribution in [0.2, 0.25) is 0 Å². The predicted molar refractivity (Wildman–Crippen MR) is 102 cm³/mol. The second-order valence-electron chi connectivity index (χ2n) is 7.07. The molecule has 0 aromatic carbocycles. The molecule has 0 unspecified atom stereocenters. The maximum absolute atomic E-state index is 12.7. The van der Waals surface area contributed by atoms with E-state index in [0.29, 0.717) is 36.3 Å². The summed E-state index contributed by atoms with van der Waals surface area (Å²) >= 11 is 0. The maximum Gasteiger partial charge on any atom is 0.334 e. The van der Waals surface area contributed by atoms with Crippen LogP contribution in [0.3, 0.4) is 0 Å².